The van der Waals surface area contributed by atoms with Crippen molar-refractivity contribution in [2.45, 2.75) is 44.2 Å². The van der Waals surface area contributed by atoms with Crippen LogP contribution in [0, 0.1) is 0 Å². The minimum Gasteiger partial charge on any atom is -0.435 e. The minimum atomic E-state index is -2.86. The van der Waals surface area contributed by atoms with Gasteiger partial charge in [0.25, 0.3) is 0 Å². The first kappa shape index (κ1) is 18.0. The van der Waals surface area contributed by atoms with Crippen LogP contribution < -0.4 is 4.74 Å². The zero-order chi connectivity index (χ0) is 18.0. The van der Waals surface area contributed by atoms with E-state index in [2.05, 4.69) is 9.64 Å². The van der Waals surface area contributed by atoms with E-state index in [9.17, 15) is 18.7 Å². The molecule has 1 amide bonds. The Morgan fingerprint density at radius 2 is 1.96 bits per heavy atom. The van der Waals surface area contributed by atoms with Crippen LogP contribution >= 0.6 is 0 Å². The van der Waals surface area contributed by atoms with Crippen LogP contribution in [0.1, 0.15) is 18.4 Å². The second-order valence-electron chi connectivity index (χ2n) is 6.50. The van der Waals surface area contributed by atoms with Gasteiger partial charge in [-0.2, -0.15) is 8.78 Å². The third-order valence-corrected chi connectivity index (χ3v) is 4.89. The predicted octanol–water partition coefficient (Wildman–Crippen LogP) is 0.816. The first-order valence-electron chi connectivity index (χ1n) is 8.34. The van der Waals surface area contributed by atoms with E-state index in [1.807, 2.05) is 4.90 Å². The predicted molar refractivity (Wildman–Crippen MR) is 85.1 cm³/mol. The molecule has 8 heteroatoms. The number of aliphatic hydroxyl groups excluding tert-OH is 2. The summed E-state index contributed by atoms with van der Waals surface area (Å²) in [6.07, 6.45) is 0.418. The van der Waals surface area contributed by atoms with Crippen LogP contribution in [0.5, 0.6) is 5.75 Å². The summed E-state index contributed by atoms with van der Waals surface area (Å²) in [7, 11) is 0. The Morgan fingerprint density at radius 1 is 1.24 bits per heavy atom. The molecule has 3 atom stereocenters. The molecule has 0 bridgehead atoms. The van der Waals surface area contributed by atoms with Gasteiger partial charge in [0.1, 0.15) is 5.75 Å². The summed E-state index contributed by atoms with van der Waals surface area (Å²) in [5.74, 6) is 0.139. The number of halogens is 2. The first-order chi connectivity index (χ1) is 12.0. The number of benzene rings is 1. The third-order valence-electron chi connectivity index (χ3n) is 4.89. The van der Waals surface area contributed by atoms with E-state index >= 15 is 0 Å². The van der Waals surface area contributed by atoms with Gasteiger partial charge in [0, 0.05) is 38.1 Å². The normalized spacial score (nSPS) is 24.8. The molecular weight excluding hydrogens is 334 g/mol. The van der Waals surface area contributed by atoms with E-state index in [4.69, 9.17) is 5.11 Å². The maximum Gasteiger partial charge on any atom is 0.387 e. The summed E-state index contributed by atoms with van der Waals surface area (Å²) < 4.78 is 28.7. The summed E-state index contributed by atoms with van der Waals surface area (Å²) in [6.45, 7) is -1.59. The highest BCUT2D eigenvalue weighted by Crippen LogP contribution is 2.33. The summed E-state index contributed by atoms with van der Waals surface area (Å²) in [5, 5.41) is 18.6. The fourth-order valence-corrected chi connectivity index (χ4v) is 3.74. The number of hydrogen-bond acceptors (Lipinski definition) is 5. The topological polar surface area (TPSA) is 73.2 Å². The van der Waals surface area contributed by atoms with Gasteiger partial charge in [-0.05, 0) is 24.1 Å². The molecule has 1 aromatic rings. The Morgan fingerprint density at radius 3 is 2.60 bits per heavy atom. The van der Waals surface area contributed by atoms with Crippen LogP contribution in [-0.2, 0) is 11.3 Å². The number of β-amino-alcohol motifs (C(OH)–C–C–N with tert-alkyl or cyclic N) is 1. The largest absolute Gasteiger partial charge is 0.435 e. The summed E-state index contributed by atoms with van der Waals surface area (Å²) in [5.41, 5.74) is 0.851. The fourth-order valence-electron chi connectivity index (χ4n) is 3.74. The second kappa shape index (κ2) is 7.63. The van der Waals surface area contributed by atoms with Crippen molar-refractivity contribution in [3.8, 4) is 5.75 Å². The summed E-state index contributed by atoms with van der Waals surface area (Å²) in [4.78, 5) is 16.2. The quantitative estimate of drug-likeness (QED) is 0.757. The van der Waals surface area contributed by atoms with Gasteiger partial charge in [0.2, 0.25) is 5.91 Å². The molecule has 2 aliphatic heterocycles. The summed E-state index contributed by atoms with van der Waals surface area (Å²) in [6, 6.07) is 6.43. The molecule has 2 N–H and O–H groups in total. The molecule has 138 valence electrons. The number of fused-ring (bicyclic) bond motifs is 1. The molecule has 25 heavy (non-hydrogen) atoms. The Kier molecular flexibility index (Phi) is 5.51. The average Bonchev–Trinajstić information content (AvgIpc) is 3.09. The number of amides is 1. The molecule has 6 nitrogen and oxygen atoms in total. The molecule has 0 unspecified atom stereocenters. The van der Waals surface area contributed by atoms with E-state index in [1.54, 1.807) is 12.1 Å². The molecule has 2 fully saturated rings. The van der Waals surface area contributed by atoms with E-state index in [1.165, 1.54) is 12.1 Å². The van der Waals surface area contributed by atoms with Gasteiger partial charge >= 0.3 is 6.61 Å². The SMILES string of the molecule is O=C1C[C@H]2[C@H](CCN2C[C@H](O)CO)N1Cc1ccc(OC(F)F)cc1. The maximum absolute atomic E-state index is 12.4. The Labute approximate surface area is 144 Å². The minimum absolute atomic E-state index is 0.0473. The monoisotopic (exact) mass is 356 g/mol. The smallest absolute Gasteiger partial charge is 0.387 e. The van der Waals surface area contributed by atoms with Gasteiger partial charge in [-0.25, -0.2) is 0 Å². The first-order valence-corrected chi connectivity index (χ1v) is 8.34. The van der Waals surface area contributed by atoms with Gasteiger partial charge in [-0.15, -0.1) is 0 Å². The molecule has 0 aromatic heterocycles. The van der Waals surface area contributed by atoms with E-state index < -0.39 is 12.7 Å². The molecule has 1 aromatic carbocycles. The second-order valence-corrected chi connectivity index (χ2v) is 6.50. The lowest BCUT2D eigenvalue weighted by Gasteiger charge is -2.26. The highest BCUT2D eigenvalue weighted by molar-refractivity contribution is 5.80. The van der Waals surface area contributed by atoms with E-state index in [0.717, 1.165) is 18.5 Å². The Bertz CT molecular complexity index is 599. The van der Waals surface area contributed by atoms with Crippen molar-refractivity contribution in [3.63, 3.8) is 0 Å². The van der Waals surface area contributed by atoms with Gasteiger partial charge in [-0.1, -0.05) is 12.1 Å². The number of nitrogens with zero attached hydrogens (tertiary/aromatic N) is 2. The molecule has 2 heterocycles. The van der Waals surface area contributed by atoms with Gasteiger partial charge in [0.05, 0.1) is 12.7 Å². The standard InChI is InChI=1S/C17H22F2N2O4/c18-17(19)25-13-3-1-11(2-4-13)8-21-14-5-6-20(9-12(23)10-22)15(14)7-16(21)24/h1-4,12,14-15,17,22-23H,5-10H2/t12-,14-,15-/m0/s1. The zero-order valence-electron chi connectivity index (χ0n) is 13.7. The Balaban J connectivity index is 1.62. The highest BCUT2D eigenvalue weighted by Gasteiger charge is 2.46. The zero-order valence-corrected chi connectivity index (χ0v) is 13.7. The Hall–Kier alpha value is -1.77. The van der Waals surface area contributed by atoms with Gasteiger partial charge < -0.3 is 19.8 Å². The molecule has 3 rings (SSSR count). The number of rotatable bonds is 7. The lowest BCUT2D eigenvalue weighted by atomic mass is 10.1. The molecule has 0 aliphatic carbocycles. The van der Waals surface area contributed by atoms with Gasteiger partial charge in [-0.3, -0.25) is 9.69 Å². The molecule has 0 radical (unpaired) electrons. The molecular formula is C17H22F2N2O4. The van der Waals surface area contributed by atoms with Crippen molar-refractivity contribution < 1.29 is 28.5 Å². The molecule has 2 saturated heterocycles. The average molecular weight is 356 g/mol. The van der Waals surface area contributed by atoms with Crippen LogP contribution in [0.3, 0.4) is 0 Å². The van der Waals surface area contributed by atoms with Crippen molar-refractivity contribution in [2.75, 3.05) is 19.7 Å². The summed E-state index contributed by atoms with van der Waals surface area (Å²) >= 11 is 0. The molecule has 0 saturated carbocycles. The highest BCUT2D eigenvalue weighted by atomic mass is 19.3. The molecule has 2 aliphatic rings. The lowest BCUT2D eigenvalue weighted by Crippen LogP contribution is -2.40. The number of ether oxygens (including phenoxy) is 1. The van der Waals surface area contributed by atoms with Crippen molar-refractivity contribution in [1.82, 2.24) is 9.80 Å². The van der Waals surface area contributed by atoms with Gasteiger partial charge in [0.15, 0.2) is 0 Å². The number of alkyl halides is 2. The molecule has 0 spiro atoms. The maximum atomic E-state index is 12.4. The van der Waals surface area contributed by atoms with Crippen LogP contribution in [0.25, 0.3) is 0 Å². The van der Waals surface area contributed by atoms with Crippen molar-refractivity contribution in [2.24, 2.45) is 0 Å². The fraction of sp³-hybridized carbons (Fsp3) is 0.588. The van der Waals surface area contributed by atoms with Crippen LogP contribution in [0.4, 0.5) is 8.78 Å². The number of hydrogen-bond donors (Lipinski definition) is 2. The van der Waals surface area contributed by atoms with Crippen molar-refractivity contribution in [3.05, 3.63) is 29.8 Å². The van der Waals surface area contributed by atoms with Crippen LogP contribution in [-0.4, -0.2) is 70.4 Å². The van der Waals surface area contributed by atoms with Crippen LogP contribution in [0.15, 0.2) is 24.3 Å². The van der Waals surface area contributed by atoms with Crippen molar-refractivity contribution >= 4 is 5.91 Å². The van der Waals surface area contributed by atoms with Crippen LogP contribution in [0.2, 0.25) is 0 Å². The number of carbonyl (C=O) groups excluding carboxylic acids is 1. The third kappa shape index (κ3) is 4.08. The number of aliphatic hydroxyl groups is 2. The number of carbonyl (C=O) groups is 1. The lowest BCUT2D eigenvalue weighted by molar-refractivity contribution is -0.129. The van der Waals surface area contributed by atoms with E-state index in [0.29, 0.717) is 19.5 Å². The van der Waals surface area contributed by atoms with Crippen molar-refractivity contribution in [1.29, 1.82) is 0 Å². The van der Waals surface area contributed by atoms with E-state index in [-0.39, 0.29) is 30.3 Å². The number of likely N-dealkylation sites (tertiary alicyclic amines) is 2.